The molecule has 30 heavy (non-hydrogen) atoms. The van der Waals surface area contributed by atoms with Crippen LogP contribution in [0, 0.1) is 12.7 Å². The summed E-state index contributed by atoms with van der Waals surface area (Å²) >= 11 is 6.46. The number of nitrogens with zero attached hydrogens (tertiary/aromatic N) is 4. The average Bonchev–Trinajstić information content (AvgIpc) is 3.31. The van der Waals surface area contributed by atoms with E-state index in [9.17, 15) is 4.39 Å². The van der Waals surface area contributed by atoms with Crippen molar-refractivity contribution < 1.29 is 4.39 Å². The van der Waals surface area contributed by atoms with E-state index in [4.69, 9.17) is 16.7 Å². The third kappa shape index (κ3) is 4.01. The monoisotopic (exact) mass is 423 g/mol. The Hall–Kier alpha value is -2.96. The van der Waals surface area contributed by atoms with E-state index in [2.05, 4.69) is 24.3 Å². The molecular weight excluding hydrogens is 401 g/mol. The highest BCUT2D eigenvalue weighted by atomic mass is 35.5. The van der Waals surface area contributed by atoms with Gasteiger partial charge in [0.15, 0.2) is 0 Å². The number of hydrogen-bond acceptors (Lipinski definition) is 3. The van der Waals surface area contributed by atoms with Crippen LogP contribution in [-0.4, -0.2) is 19.6 Å². The minimum Gasteiger partial charge on any atom is -0.306 e. The van der Waals surface area contributed by atoms with Crippen LogP contribution in [0.3, 0.4) is 0 Å². The second kappa shape index (κ2) is 8.42. The third-order valence-electron chi connectivity index (χ3n) is 5.35. The van der Waals surface area contributed by atoms with E-state index in [0.717, 1.165) is 33.8 Å². The lowest BCUT2D eigenvalue weighted by molar-refractivity contribution is 0.571. The molecular formula is C23H23ClFN5. The van der Waals surface area contributed by atoms with Crippen molar-refractivity contribution in [2.75, 3.05) is 0 Å². The summed E-state index contributed by atoms with van der Waals surface area (Å²) in [5.41, 5.74) is 5.73. The number of hydrogen-bond donors (Lipinski definition) is 1. The fourth-order valence-electron chi connectivity index (χ4n) is 3.46. The molecule has 4 rings (SSSR count). The molecule has 0 bridgehead atoms. The molecule has 7 heteroatoms. The van der Waals surface area contributed by atoms with Gasteiger partial charge < -0.3 is 5.32 Å². The lowest BCUT2D eigenvalue weighted by Gasteiger charge is -2.14. The topological polar surface area (TPSA) is 47.7 Å². The number of benzene rings is 2. The van der Waals surface area contributed by atoms with Crippen molar-refractivity contribution in [3.05, 3.63) is 88.6 Å². The molecule has 1 N–H and O–H groups in total. The summed E-state index contributed by atoms with van der Waals surface area (Å²) in [7, 11) is 1.94. The lowest BCUT2D eigenvalue weighted by atomic mass is 10.1. The van der Waals surface area contributed by atoms with Gasteiger partial charge in [0.2, 0.25) is 0 Å². The smallest absolute Gasteiger partial charge is 0.123 e. The van der Waals surface area contributed by atoms with Crippen molar-refractivity contribution in [3.63, 3.8) is 0 Å². The molecule has 154 valence electrons. The number of aromatic nitrogens is 4. The van der Waals surface area contributed by atoms with Gasteiger partial charge in [0.25, 0.3) is 0 Å². The SMILES string of the molecule is Cc1c([C@@H](C)NCc2cn(-c3ccc(F)cc3)nc2-c2ccccc2Cl)cnn1C. The van der Waals surface area contributed by atoms with Gasteiger partial charge >= 0.3 is 0 Å². The first-order valence-corrected chi connectivity index (χ1v) is 10.1. The number of nitrogens with one attached hydrogen (secondary N) is 1. The Morgan fingerprint density at radius 3 is 2.53 bits per heavy atom. The zero-order chi connectivity index (χ0) is 21.3. The van der Waals surface area contributed by atoms with Crippen LogP contribution in [0.15, 0.2) is 60.9 Å². The quantitative estimate of drug-likeness (QED) is 0.462. The van der Waals surface area contributed by atoms with Gasteiger partial charge in [0, 0.05) is 48.2 Å². The molecule has 0 saturated carbocycles. The van der Waals surface area contributed by atoms with Crippen LogP contribution in [0.25, 0.3) is 16.9 Å². The zero-order valence-electron chi connectivity index (χ0n) is 17.1. The minimum absolute atomic E-state index is 0.118. The van der Waals surface area contributed by atoms with Crippen molar-refractivity contribution in [2.24, 2.45) is 7.05 Å². The Morgan fingerprint density at radius 1 is 1.13 bits per heavy atom. The van der Waals surface area contributed by atoms with Crippen LogP contribution in [0.1, 0.15) is 29.8 Å². The maximum absolute atomic E-state index is 13.3. The Bertz CT molecular complexity index is 1160. The molecule has 0 amide bonds. The molecule has 0 aliphatic rings. The van der Waals surface area contributed by atoms with Gasteiger partial charge in [0.1, 0.15) is 5.82 Å². The molecule has 0 saturated heterocycles. The first kappa shape index (κ1) is 20.3. The Kier molecular flexibility index (Phi) is 5.70. The van der Waals surface area contributed by atoms with Crippen LogP contribution in [0.2, 0.25) is 5.02 Å². The van der Waals surface area contributed by atoms with Gasteiger partial charge in [-0.1, -0.05) is 29.8 Å². The lowest BCUT2D eigenvalue weighted by Crippen LogP contribution is -2.18. The second-order valence-electron chi connectivity index (χ2n) is 7.32. The number of halogens is 2. The van der Waals surface area contributed by atoms with Crippen molar-refractivity contribution in [1.82, 2.24) is 24.9 Å². The van der Waals surface area contributed by atoms with Crippen molar-refractivity contribution >= 4 is 11.6 Å². The Balaban J connectivity index is 1.67. The van der Waals surface area contributed by atoms with E-state index in [0.29, 0.717) is 11.6 Å². The summed E-state index contributed by atoms with van der Waals surface area (Å²) in [6.45, 7) is 4.77. The average molecular weight is 424 g/mol. The highest BCUT2D eigenvalue weighted by Crippen LogP contribution is 2.30. The van der Waals surface area contributed by atoms with Crippen LogP contribution in [-0.2, 0) is 13.6 Å². The fraction of sp³-hybridized carbons (Fsp3) is 0.217. The third-order valence-corrected chi connectivity index (χ3v) is 5.68. The normalized spacial score (nSPS) is 12.3. The molecule has 0 unspecified atom stereocenters. The van der Waals surface area contributed by atoms with E-state index < -0.39 is 0 Å². The van der Waals surface area contributed by atoms with Gasteiger partial charge in [0.05, 0.1) is 22.6 Å². The summed E-state index contributed by atoms with van der Waals surface area (Å²) in [5.74, 6) is -0.278. The molecule has 2 aromatic carbocycles. The summed E-state index contributed by atoms with van der Waals surface area (Å²) < 4.78 is 17.0. The molecule has 0 radical (unpaired) electrons. The highest BCUT2D eigenvalue weighted by Gasteiger charge is 2.17. The predicted molar refractivity (Wildman–Crippen MR) is 117 cm³/mol. The first-order chi connectivity index (χ1) is 14.4. The highest BCUT2D eigenvalue weighted by molar-refractivity contribution is 6.33. The molecule has 0 spiro atoms. The zero-order valence-corrected chi connectivity index (χ0v) is 17.9. The molecule has 2 aromatic heterocycles. The van der Waals surface area contributed by atoms with Crippen LogP contribution in [0.5, 0.6) is 0 Å². The van der Waals surface area contributed by atoms with Crippen molar-refractivity contribution in [3.8, 4) is 16.9 Å². The van der Waals surface area contributed by atoms with Gasteiger partial charge in [-0.2, -0.15) is 10.2 Å². The van der Waals surface area contributed by atoms with Gasteiger partial charge in [-0.05, 0) is 44.2 Å². The van der Waals surface area contributed by atoms with E-state index in [1.165, 1.54) is 12.1 Å². The van der Waals surface area contributed by atoms with Gasteiger partial charge in [-0.25, -0.2) is 9.07 Å². The molecule has 1 atom stereocenters. The maximum atomic E-state index is 13.3. The Labute approximate surface area is 180 Å². The summed E-state index contributed by atoms with van der Waals surface area (Å²) in [4.78, 5) is 0. The standard InChI is InChI=1S/C23H23ClFN5/c1-15(21-13-27-29(3)16(21)2)26-12-17-14-30(19-10-8-18(25)9-11-19)28-23(17)20-6-4-5-7-22(20)24/h4-11,13-15,26H,12H2,1-3H3/t15-/m1/s1. The van der Waals surface area contributed by atoms with E-state index in [1.807, 2.05) is 48.4 Å². The van der Waals surface area contributed by atoms with E-state index in [-0.39, 0.29) is 11.9 Å². The summed E-state index contributed by atoms with van der Waals surface area (Å²) in [6.07, 6.45) is 3.85. The van der Waals surface area contributed by atoms with Crippen LogP contribution < -0.4 is 5.32 Å². The number of rotatable bonds is 6. The minimum atomic E-state index is -0.278. The van der Waals surface area contributed by atoms with Crippen LogP contribution in [0.4, 0.5) is 4.39 Å². The van der Waals surface area contributed by atoms with Gasteiger partial charge in [-0.15, -0.1) is 0 Å². The van der Waals surface area contributed by atoms with Crippen molar-refractivity contribution in [2.45, 2.75) is 26.4 Å². The Morgan fingerprint density at radius 2 is 1.87 bits per heavy atom. The van der Waals surface area contributed by atoms with Crippen molar-refractivity contribution in [1.29, 1.82) is 0 Å². The first-order valence-electron chi connectivity index (χ1n) is 9.75. The molecule has 0 fully saturated rings. The second-order valence-corrected chi connectivity index (χ2v) is 7.72. The van der Waals surface area contributed by atoms with E-state index in [1.54, 1.807) is 16.8 Å². The molecule has 0 aliphatic heterocycles. The molecule has 5 nitrogen and oxygen atoms in total. The maximum Gasteiger partial charge on any atom is 0.123 e. The fourth-order valence-corrected chi connectivity index (χ4v) is 3.68. The van der Waals surface area contributed by atoms with Crippen LogP contribution >= 0.6 is 11.6 Å². The predicted octanol–water partition coefficient (Wildman–Crippen LogP) is 5.22. The van der Waals surface area contributed by atoms with E-state index >= 15 is 0 Å². The van der Waals surface area contributed by atoms with Gasteiger partial charge in [-0.3, -0.25) is 4.68 Å². The molecule has 4 aromatic rings. The largest absolute Gasteiger partial charge is 0.306 e. The molecule has 2 heterocycles. The molecule has 0 aliphatic carbocycles. The summed E-state index contributed by atoms with van der Waals surface area (Å²) in [5, 5.41) is 13.3. The summed E-state index contributed by atoms with van der Waals surface area (Å²) in [6, 6.07) is 14.0. The number of aryl methyl sites for hydroxylation is 1.